The molecule has 1 aromatic carbocycles. The van der Waals surface area contributed by atoms with Crippen LogP contribution in [0.25, 0.3) is 5.65 Å². The Kier molecular flexibility index (Phi) is 2.63. The van der Waals surface area contributed by atoms with Gasteiger partial charge in [0.25, 0.3) is 11.8 Å². The van der Waals surface area contributed by atoms with Gasteiger partial charge >= 0.3 is 0 Å². The third kappa shape index (κ3) is 1.69. The third-order valence-corrected chi connectivity index (χ3v) is 4.02. The second kappa shape index (κ2) is 4.53. The van der Waals surface area contributed by atoms with Crippen LogP contribution in [0.5, 0.6) is 0 Å². The fourth-order valence-corrected chi connectivity index (χ4v) is 2.85. The molecule has 3 aromatic rings. The normalized spacial score (nSPS) is 15.4. The number of carbonyl (C=O) groups is 2. The SMILES string of the molecule is C[C@H](c1cn2ccccc2n1)N1C(=O)c2ccccc2C1=O. The van der Waals surface area contributed by atoms with Gasteiger partial charge in [-0.15, -0.1) is 0 Å². The van der Waals surface area contributed by atoms with Crippen molar-refractivity contribution in [3.63, 3.8) is 0 Å². The van der Waals surface area contributed by atoms with Crippen molar-refractivity contribution in [1.29, 1.82) is 0 Å². The molecule has 0 saturated carbocycles. The van der Waals surface area contributed by atoms with Crippen molar-refractivity contribution < 1.29 is 9.59 Å². The van der Waals surface area contributed by atoms with Gasteiger partial charge in [-0.2, -0.15) is 0 Å². The minimum absolute atomic E-state index is 0.259. The molecule has 3 heterocycles. The molecule has 22 heavy (non-hydrogen) atoms. The molecule has 5 nitrogen and oxygen atoms in total. The van der Waals surface area contributed by atoms with Gasteiger partial charge in [-0.25, -0.2) is 4.98 Å². The molecule has 0 unspecified atom stereocenters. The summed E-state index contributed by atoms with van der Waals surface area (Å²) in [5, 5.41) is 0. The minimum atomic E-state index is -0.410. The number of fused-ring (bicyclic) bond motifs is 2. The summed E-state index contributed by atoms with van der Waals surface area (Å²) in [7, 11) is 0. The summed E-state index contributed by atoms with van der Waals surface area (Å²) < 4.78 is 1.88. The van der Waals surface area contributed by atoms with Crippen molar-refractivity contribution in [3.05, 3.63) is 71.7 Å². The maximum Gasteiger partial charge on any atom is 0.262 e. The molecular weight excluding hydrogens is 278 g/mol. The lowest BCUT2D eigenvalue weighted by Gasteiger charge is -2.20. The zero-order valence-electron chi connectivity index (χ0n) is 11.9. The van der Waals surface area contributed by atoms with E-state index in [0.29, 0.717) is 16.8 Å². The van der Waals surface area contributed by atoms with Crippen LogP contribution in [0, 0.1) is 0 Å². The Hall–Kier alpha value is -2.95. The number of imide groups is 1. The van der Waals surface area contributed by atoms with E-state index in [-0.39, 0.29) is 11.8 Å². The van der Waals surface area contributed by atoms with E-state index in [1.54, 1.807) is 24.3 Å². The number of aromatic nitrogens is 2. The average molecular weight is 291 g/mol. The molecule has 0 radical (unpaired) electrons. The molecule has 5 heteroatoms. The second-order valence-corrected chi connectivity index (χ2v) is 5.33. The Morgan fingerprint density at radius 1 is 0.955 bits per heavy atom. The molecule has 1 aliphatic heterocycles. The van der Waals surface area contributed by atoms with Crippen LogP contribution in [0.4, 0.5) is 0 Å². The molecule has 0 fully saturated rings. The predicted octanol–water partition coefficient (Wildman–Crippen LogP) is 2.69. The lowest BCUT2D eigenvalue weighted by molar-refractivity contribution is 0.0592. The molecule has 4 rings (SSSR count). The van der Waals surface area contributed by atoms with Crippen LogP contribution in [0.3, 0.4) is 0 Å². The lowest BCUT2D eigenvalue weighted by Crippen LogP contribution is -2.32. The third-order valence-electron chi connectivity index (χ3n) is 4.02. The molecule has 0 bridgehead atoms. The number of pyridine rings is 1. The highest BCUT2D eigenvalue weighted by Gasteiger charge is 2.39. The van der Waals surface area contributed by atoms with Crippen LogP contribution >= 0.6 is 0 Å². The number of amides is 2. The van der Waals surface area contributed by atoms with Crippen LogP contribution in [0.2, 0.25) is 0 Å². The molecule has 1 atom stereocenters. The molecule has 2 amide bonds. The van der Waals surface area contributed by atoms with E-state index >= 15 is 0 Å². The van der Waals surface area contributed by atoms with Crippen LogP contribution in [0.1, 0.15) is 39.4 Å². The number of rotatable bonds is 2. The number of benzene rings is 1. The van der Waals surface area contributed by atoms with Crippen LogP contribution < -0.4 is 0 Å². The fraction of sp³-hybridized carbons (Fsp3) is 0.118. The van der Waals surface area contributed by atoms with E-state index in [2.05, 4.69) is 4.98 Å². The molecule has 0 saturated heterocycles. The van der Waals surface area contributed by atoms with Gasteiger partial charge in [0.15, 0.2) is 0 Å². The molecule has 0 aliphatic carbocycles. The standard InChI is InChI=1S/C17H13N3O2/c1-11(14-10-19-9-5-4-8-15(19)18-14)20-16(21)12-6-2-3-7-13(12)17(20)22/h2-11H,1H3/t11-/m1/s1. The molecule has 1 aliphatic rings. The summed E-state index contributed by atoms with van der Waals surface area (Å²) in [6.07, 6.45) is 3.74. The number of hydrogen-bond acceptors (Lipinski definition) is 3. The van der Waals surface area contributed by atoms with Gasteiger partial charge in [0.2, 0.25) is 0 Å². The van der Waals surface area contributed by atoms with Crippen LogP contribution in [-0.4, -0.2) is 26.1 Å². The number of nitrogens with zero attached hydrogens (tertiary/aromatic N) is 3. The van der Waals surface area contributed by atoms with Crippen molar-refractivity contribution >= 4 is 17.5 Å². The first-order valence-corrected chi connectivity index (χ1v) is 7.07. The summed E-state index contributed by atoms with van der Waals surface area (Å²) in [4.78, 5) is 30.8. The van der Waals surface area contributed by atoms with Crippen LogP contribution in [0.15, 0.2) is 54.9 Å². The fourth-order valence-electron chi connectivity index (χ4n) is 2.85. The first-order valence-electron chi connectivity index (χ1n) is 7.07. The number of imidazole rings is 1. The van der Waals surface area contributed by atoms with Gasteiger partial charge < -0.3 is 4.40 Å². The number of hydrogen-bond donors (Lipinski definition) is 0. The molecular formula is C17H13N3O2. The Labute approximate surface area is 126 Å². The quantitative estimate of drug-likeness (QED) is 0.682. The highest BCUT2D eigenvalue weighted by atomic mass is 16.2. The first-order chi connectivity index (χ1) is 10.7. The highest BCUT2D eigenvalue weighted by molar-refractivity contribution is 6.21. The van der Waals surface area contributed by atoms with Crippen molar-refractivity contribution in [1.82, 2.24) is 14.3 Å². The predicted molar refractivity (Wildman–Crippen MR) is 80.5 cm³/mol. The topological polar surface area (TPSA) is 54.7 Å². The Morgan fingerprint density at radius 2 is 1.59 bits per heavy atom. The van der Waals surface area contributed by atoms with Crippen molar-refractivity contribution in [2.75, 3.05) is 0 Å². The van der Waals surface area contributed by atoms with Crippen LogP contribution in [-0.2, 0) is 0 Å². The van der Waals surface area contributed by atoms with E-state index in [4.69, 9.17) is 0 Å². The van der Waals surface area contributed by atoms with Gasteiger partial charge in [0.05, 0.1) is 22.9 Å². The summed E-state index contributed by atoms with van der Waals surface area (Å²) in [5.74, 6) is -0.518. The summed E-state index contributed by atoms with van der Waals surface area (Å²) in [5.41, 5.74) is 2.41. The Balaban J connectivity index is 1.76. The van der Waals surface area contributed by atoms with Gasteiger partial charge in [-0.3, -0.25) is 14.5 Å². The zero-order valence-corrected chi connectivity index (χ0v) is 11.9. The molecule has 108 valence electrons. The van der Waals surface area contributed by atoms with E-state index in [9.17, 15) is 9.59 Å². The maximum atomic E-state index is 12.5. The number of carbonyl (C=O) groups excluding carboxylic acids is 2. The summed E-state index contributed by atoms with van der Waals surface area (Å²) >= 11 is 0. The average Bonchev–Trinajstić information content (AvgIpc) is 3.08. The minimum Gasteiger partial charge on any atom is -0.307 e. The van der Waals surface area contributed by atoms with Gasteiger partial charge in [0.1, 0.15) is 5.65 Å². The Morgan fingerprint density at radius 3 is 2.23 bits per heavy atom. The van der Waals surface area contributed by atoms with E-state index in [1.165, 1.54) is 4.90 Å². The lowest BCUT2D eigenvalue weighted by atomic mass is 10.1. The molecule has 0 spiro atoms. The van der Waals surface area contributed by atoms with Gasteiger partial charge in [0, 0.05) is 12.4 Å². The van der Waals surface area contributed by atoms with Crippen molar-refractivity contribution in [2.45, 2.75) is 13.0 Å². The monoisotopic (exact) mass is 291 g/mol. The molecule has 0 N–H and O–H groups in total. The van der Waals surface area contributed by atoms with Gasteiger partial charge in [-0.05, 0) is 31.2 Å². The van der Waals surface area contributed by atoms with E-state index < -0.39 is 6.04 Å². The summed E-state index contributed by atoms with van der Waals surface area (Å²) in [6, 6.07) is 12.2. The van der Waals surface area contributed by atoms with Crippen molar-refractivity contribution in [3.8, 4) is 0 Å². The smallest absolute Gasteiger partial charge is 0.262 e. The largest absolute Gasteiger partial charge is 0.307 e. The maximum absolute atomic E-state index is 12.5. The summed E-state index contributed by atoms with van der Waals surface area (Å²) in [6.45, 7) is 1.82. The van der Waals surface area contributed by atoms with E-state index in [1.807, 2.05) is 41.9 Å². The van der Waals surface area contributed by atoms with Crippen molar-refractivity contribution in [2.24, 2.45) is 0 Å². The first kappa shape index (κ1) is 12.8. The Bertz CT molecular complexity index is 845. The van der Waals surface area contributed by atoms with Gasteiger partial charge in [-0.1, -0.05) is 18.2 Å². The second-order valence-electron chi connectivity index (χ2n) is 5.33. The highest BCUT2D eigenvalue weighted by Crippen LogP contribution is 2.30. The van der Waals surface area contributed by atoms with E-state index in [0.717, 1.165) is 5.65 Å². The zero-order chi connectivity index (χ0) is 15.3. The molecule has 2 aromatic heterocycles.